The van der Waals surface area contributed by atoms with Crippen LogP contribution >= 0.6 is 0 Å². The van der Waals surface area contributed by atoms with Crippen molar-refractivity contribution in [1.29, 1.82) is 0 Å². The summed E-state index contributed by atoms with van der Waals surface area (Å²) in [6.07, 6.45) is 0. The summed E-state index contributed by atoms with van der Waals surface area (Å²) >= 11 is 0. The van der Waals surface area contributed by atoms with Crippen LogP contribution in [0.25, 0.3) is 10.8 Å². The largest absolute Gasteiger partial charge is 0.343 e. The van der Waals surface area contributed by atoms with E-state index in [0.29, 0.717) is 0 Å². The first-order chi connectivity index (χ1) is 9.47. The molecule has 104 valence electrons. The van der Waals surface area contributed by atoms with Gasteiger partial charge in [-0.15, -0.1) is 0 Å². The summed E-state index contributed by atoms with van der Waals surface area (Å²) < 4.78 is 0. The van der Waals surface area contributed by atoms with Gasteiger partial charge in [0.2, 0.25) is 0 Å². The van der Waals surface area contributed by atoms with Gasteiger partial charge in [0.15, 0.2) is 0 Å². The van der Waals surface area contributed by atoms with Crippen molar-refractivity contribution in [3.8, 4) is 0 Å². The third kappa shape index (κ3) is 2.18. The Labute approximate surface area is 120 Å². The quantitative estimate of drug-likeness (QED) is 0.913. The fraction of sp³-hybridized carbons (Fsp3) is 0.353. The Balaban J connectivity index is 2.10. The SMILES string of the molecule is CN(C)CC(C)(C)C1=Nc2cccc3cccc(c23)N1. The second-order valence-corrected chi connectivity index (χ2v) is 6.39. The van der Waals surface area contributed by atoms with Crippen molar-refractivity contribution in [2.75, 3.05) is 26.0 Å². The molecule has 2 aromatic carbocycles. The molecule has 3 nitrogen and oxygen atoms in total. The molecule has 0 radical (unpaired) electrons. The number of benzene rings is 2. The van der Waals surface area contributed by atoms with E-state index in [1.807, 2.05) is 0 Å². The van der Waals surface area contributed by atoms with Gasteiger partial charge in [0, 0.05) is 23.0 Å². The second-order valence-electron chi connectivity index (χ2n) is 6.39. The molecule has 0 atom stereocenters. The van der Waals surface area contributed by atoms with Crippen LogP contribution in [-0.2, 0) is 0 Å². The van der Waals surface area contributed by atoms with Gasteiger partial charge < -0.3 is 10.2 Å². The van der Waals surface area contributed by atoms with Crippen LogP contribution in [-0.4, -0.2) is 31.4 Å². The maximum absolute atomic E-state index is 4.87. The summed E-state index contributed by atoms with van der Waals surface area (Å²) in [6, 6.07) is 12.7. The smallest absolute Gasteiger partial charge is 0.114 e. The molecule has 2 aromatic rings. The van der Waals surface area contributed by atoms with Gasteiger partial charge in [-0.05, 0) is 31.6 Å². The summed E-state index contributed by atoms with van der Waals surface area (Å²) in [4.78, 5) is 7.07. The first-order valence-electron chi connectivity index (χ1n) is 7.00. The van der Waals surface area contributed by atoms with Crippen LogP contribution in [0.1, 0.15) is 13.8 Å². The number of rotatable bonds is 3. The van der Waals surface area contributed by atoms with Crippen molar-refractivity contribution >= 4 is 28.0 Å². The molecule has 0 spiro atoms. The van der Waals surface area contributed by atoms with Gasteiger partial charge in [-0.25, -0.2) is 4.99 Å². The van der Waals surface area contributed by atoms with E-state index >= 15 is 0 Å². The average molecular weight is 267 g/mol. The van der Waals surface area contributed by atoms with Gasteiger partial charge in [0.1, 0.15) is 5.84 Å². The Morgan fingerprint density at radius 3 is 2.50 bits per heavy atom. The van der Waals surface area contributed by atoms with E-state index in [4.69, 9.17) is 4.99 Å². The fourth-order valence-electron chi connectivity index (χ4n) is 2.98. The van der Waals surface area contributed by atoms with E-state index in [1.165, 1.54) is 10.8 Å². The second kappa shape index (κ2) is 4.60. The lowest BCUT2D eigenvalue weighted by atomic mass is 9.89. The lowest BCUT2D eigenvalue weighted by Gasteiger charge is -2.32. The highest BCUT2D eigenvalue weighted by molar-refractivity contribution is 6.14. The van der Waals surface area contributed by atoms with Crippen LogP contribution in [0, 0.1) is 5.41 Å². The standard InChI is InChI=1S/C17H21N3/c1-17(2,11-20(3)4)16-18-13-9-5-7-12-8-6-10-14(19-16)15(12)13/h5-10H,11H2,1-4H3,(H,18,19). The highest BCUT2D eigenvalue weighted by Crippen LogP contribution is 2.38. The van der Waals surface area contributed by atoms with E-state index in [1.54, 1.807) is 0 Å². The fourth-order valence-corrected chi connectivity index (χ4v) is 2.98. The van der Waals surface area contributed by atoms with Crippen LogP contribution < -0.4 is 5.32 Å². The molecule has 0 saturated heterocycles. The Kier molecular flexibility index (Phi) is 3.02. The summed E-state index contributed by atoms with van der Waals surface area (Å²) in [7, 11) is 4.19. The molecule has 0 amide bonds. The molecule has 0 fully saturated rings. The van der Waals surface area contributed by atoms with Crippen molar-refractivity contribution in [3.63, 3.8) is 0 Å². The van der Waals surface area contributed by atoms with Crippen LogP contribution in [0.3, 0.4) is 0 Å². The average Bonchev–Trinajstić information content (AvgIpc) is 2.38. The molecule has 3 rings (SSSR count). The van der Waals surface area contributed by atoms with Crippen LogP contribution in [0.2, 0.25) is 0 Å². The van der Waals surface area contributed by atoms with Crippen molar-refractivity contribution in [3.05, 3.63) is 36.4 Å². The molecule has 0 aromatic heterocycles. The molecular weight excluding hydrogens is 246 g/mol. The van der Waals surface area contributed by atoms with Gasteiger partial charge in [-0.3, -0.25) is 0 Å². The number of hydrogen-bond donors (Lipinski definition) is 1. The number of anilines is 1. The third-order valence-electron chi connectivity index (χ3n) is 3.72. The van der Waals surface area contributed by atoms with Gasteiger partial charge in [0.05, 0.1) is 5.69 Å². The van der Waals surface area contributed by atoms with E-state index < -0.39 is 0 Å². The molecule has 20 heavy (non-hydrogen) atoms. The minimum absolute atomic E-state index is 0.0147. The Morgan fingerprint density at radius 1 is 1.10 bits per heavy atom. The zero-order valence-electron chi connectivity index (χ0n) is 12.6. The van der Waals surface area contributed by atoms with Crippen molar-refractivity contribution in [2.24, 2.45) is 10.4 Å². The minimum atomic E-state index is -0.0147. The summed E-state index contributed by atoms with van der Waals surface area (Å²) in [5.41, 5.74) is 2.22. The minimum Gasteiger partial charge on any atom is -0.343 e. The Bertz CT molecular complexity index is 678. The van der Waals surface area contributed by atoms with Gasteiger partial charge >= 0.3 is 0 Å². The maximum Gasteiger partial charge on any atom is 0.114 e. The van der Waals surface area contributed by atoms with Gasteiger partial charge in [0.25, 0.3) is 0 Å². The van der Waals surface area contributed by atoms with E-state index in [0.717, 1.165) is 23.8 Å². The molecule has 1 N–H and O–H groups in total. The van der Waals surface area contributed by atoms with Crippen molar-refractivity contribution in [1.82, 2.24) is 4.90 Å². The predicted molar refractivity (Wildman–Crippen MR) is 87.0 cm³/mol. The normalized spacial score (nSPS) is 14.3. The molecular formula is C17H21N3. The van der Waals surface area contributed by atoms with Gasteiger partial charge in [-0.1, -0.05) is 38.1 Å². The third-order valence-corrected chi connectivity index (χ3v) is 3.72. The zero-order chi connectivity index (χ0) is 14.3. The summed E-state index contributed by atoms with van der Waals surface area (Å²) in [5, 5.41) is 5.99. The molecule has 0 unspecified atom stereocenters. The number of nitrogens with one attached hydrogen (secondary N) is 1. The molecule has 0 saturated carbocycles. The predicted octanol–water partition coefficient (Wildman–Crippen LogP) is 3.88. The van der Waals surface area contributed by atoms with Gasteiger partial charge in [-0.2, -0.15) is 0 Å². The van der Waals surface area contributed by atoms with E-state index in [2.05, 4.69) is 74.6 Å². The Morgan fingerprint density at radius 2 is 1.80 bits per heavy atom. The topological polar surface area (TPSA) is 27.6 Å². The first-order valence-corrected chi connectivity index (χ1v) is 7.00. The highest BCUT2D eigenvalue weighted by Gasteiger charge is 2.29. The van der Waals surface area contributed by atoms with E-state index in [-0.39, 0.29) is 5.41 Å². The monoisotopic (exact) mass is 267 g/mol. The number of nitrogens with zero attached hydrogens (tertiary/aromatic N) is 2. The lowest BCUT2D eigenvalue weighted by molar-refractivity contribution is 0.310. The maximum atomic E-state index is 4.87. The van der Waals surface area contributed by atoms with Crippen LogP contribution in [0.15, 0.2) is 41.4 Å². The molecule has 1 heterocycles. The first kappa shape index (κ1) is 13.1. The zero-order valence-corrected chi connectivity index (χ0v) is 12.6. The van der Waals surface area contributed by atoms with Crippen molar-refractivity contribution in [2.45, 2.75) is 13.8 Å². The number of amidine groups is 1. The van der Waals surface area contributed by atoms with Crippen molar-refractivity contribution < 1.29 is 0 Å². The number of aliphatic imine (C=N–C) groups is 1. The van der Waals surface area contributed by atoms with Crippen LogP contribution in [0.5, 0.6) is 0 Å². The molecule has 0 aliphatic carbocycles. The van der Waals surface area contributed by atoms with Crippen LogP contribution in [0.4, 0.5) is 11.4 Å². The molecule has 1 aliphatic rings. The summed E-state index contributed by atoms with van der Waals surface area (Å²) in [6.45, 7) is 5.41. The molecule has 3 heteroatoms. The molecule has 1 aliphatic heterocycles. The summed E-state index contributed by atoms with van der Waals surface area (Å²) in [5.74, 6) is 1.04. The lowest BCUT2D eigenvalue weighted by Crippen LogP contribution is -2.40. The number of hydrogen-bond acceptors (Lipinski definition) is 3. The molecule has 0 bridgehead atoms. The Hall–Kier alpha value is -1.87. The highest BCUT2D eigenvalue weighted by atomic mass is 15.1. The van der Waals surface area contributed by atoms with E-state index in [9.17, 15) is 0 Å².